The topological polar surface area (TPSA) is 97.5 Å². The molecule has 10 heteroatoms. The molecule has 1 aromatic carbocycles. The van der Waals surface area contributed by atoms with Crippen LogP contribution in [0.15, 0.2) is 28.8 Å². The van der Waals surface area contributed by atoms with Crippen LogP contribution in [0.5, 0.6) is 5.75 Å². The number of nitrogens with one attached hydrogen (secondary N) is 1. The number of nitrogens with zero attached hydrogens (tertiary/aromatic N) is 2. The Labute approximate surface area is 159 Å². The molecule has 0 bridgehead atoms. The molecule has 154 valence electrons. The van der Waals surface area contributed by atoms with Gasteiger partial charge in [0.25, 0.3) is 0 Å². The van der Waals surface area contributed by atoms with Crippen molar-refractivity contribution in [2.75, 3.05) is 6.54 Å². The summed E-state index contributed by atoms with van der Waals surface area (Å²) in [6.45, 7) is 1.96. The second kappa shape index (κ2) is 10.1. The maximum absolute atomic E-state index is 12.1. The van der Waals surface area contributed by atoms with Crippen LogP contribution in [-0.4, -0.2) is 34.1 Å². The Morgan fingerprint density at radius 2 is 2.00 bits per heavy atom. The first-order valence-electron chi connectivity index (χ1n) is 8.88. The van der Waals surface area contributed by atoms with E-state index < -0.39 is 12.5 Å². The quantitative estimate of drug-likeness (QED) is 0.635. The van der Waals surface area contributed by atoms with E-state index in [0.717, 1.165) is 25.0 Å². The van der Waals surface area contributed by atoms with Crippen molar-refractivity contribution in [1.82, 2.24) is 15.5 Å². The lowest BCUT2D eigenvalue weighted by atomic mass is 10.1. The monoisotopic (exact) mass is 401 g/mol. The number of halogens is 3. The molecule has 28 heavy (non-hydrogen) atoms. The van der Waals surface area contributed by atoms with E-state index in [2.05, 4.69) is 20.2 Å². The number of aryl methyl sites for hydroxylation is 2. The van der Waals surface area contributed by atoms with Gasteiger partial charge in [0.05, 0.1) is 6.10 Å². The fourth-order valence-electron chi connectivity index (χ4n) is 2.43. The Morgan fingerprint density at radius 1 is 1.29 bits per heavy atom. The van der Waals surface area contributed by atoms with E-state index in [1.54, 1.807) is 0 Å². The molecule has 7 nitrogen and oxygen atoms in total. The van der Waals surface area contributed by atoms with E-state index in [1.165, 1.54) is 12.1 Å². The highest BCUT2D eigenvalue weighted by Gasteiger charge is 2.31. The summed E-state index contributed by atoms with van der Waals surface area (Å²) in [6, 6.07) is 4.82. The average Bonchev–Trinajstić information content (AvgIpc) is 3.07. The number of carbonyl (C=O) groups excluding carboxylic acids is 1. The van der Waals surface area contributed by atoms with Gasteiger partial charge < -0.3 is 19.7 Å². The molecule has 0 fully saturated rings. The molecule has 1 aromatic heterocycles. The van der Waals surface area contributed by atoms with Gasteiger partial charge in [0, 0.05) is 25.8 Å². The summed E-state index contributed by atoms with van der Waals surface area (Å²) in [6.07, 6.45) is -2.94. The molecular formula is C18H22F3N3O4. The van der Waals surface area contributed by atoms with Crippen molar-refractivity contribution < 1.29 is 32.3 Å². The minimum atomic E-state index is -4.77. The molecule has 0 aliphatic carbocycles. The van der Waals surface area contributed by atoms with Crippen LogP contribution in [0.1, 0.15) is 49.6 Å². The fourth-order valence-corrected chi connectivity index (χ4v) is 2.43. The molecule has 0 unspecified atom stereocenters. The summed E-state index contributed by atoms with van der Waals surface area (Å²) < 4.78 is 45.2. The van der Waals surface area contributed by atoms with Crippen molar-refractivity contribution >= 4 is 5.91 Å². The number of hydrogen-bond donors (Lipinski definition) is 2. The van der Waals surface area contributed by atoms with Crippen molar-refractivity contribution in [2.45, 2.75) is 51.5 Å². The SMILES string of the molecule is CCCc1noc(CCCC(=O)NC[C@@H](O)c2ccc(OC(F)(F)F)cc2)n1. The zero-order valence-corrected chi connectivity index (χ0v) is 15.3. The summed E-state index contributed by atoms with van der Waals surface area (Å²) >= 11 is 0. The smallest absolute Gasteiger partial charge is 0.406 e. The van der Waals surface area contributed by atoms with E-state index in [9.17, 15) is 23.1 Å². The zero-order valence-electron chi connectivity index (χ0n) is 15.3. The third-order valence-corrected chi connectivity index (χ3v) is 3.77. The summed E-state index contributed by atoms with van der Waals surface area (Å²) in [5, 5.41) is 16.4. The van der Waals surface area contributed by atoms with Gasteiger partial charge in [-0.1, -0.05) is 24.2 Å². The predicted molar refractivity (Wildman–Crippen MR) is 92.3 cm³/mol. The highest BCUT2D eigenvalue weighted by atomic mass is 19.4. The van der Waals surface area contributed by atoms with Crippen LogP contribution in [0.25, 0.3) is 0 Å². The van der Waals surface area contributed by atoms with E-state index in [-0.39, 0.29) is 24.6 Å². The average molecular weight is 401 g/mol. The van der Waals surface area contributed by atoms with E-state index in [4.69, 9.17) is 4.52 Å². The molecule has 2 rings (SSSR count). The summed E-state index contributed by atoms with van der Waals surface area (Å²) in [5.74, 6) is 0.495. The number of amides is 1. The summed E-state index contributed by atoms with van der Waals surface area (Å²) in [5.41, 5.74) is 0.365. The number of alkyl halides is 3. The lowest BCUT2D eigenvalue weighted by Gasteiger charge is -2.13. The highest BCUT2D eigenvalue weighted by molar-refractivity contribution is 5.75. The van der Waals surface area contributed by atoms with Crippen LogP contribution in [0.2, 0.25) is 0 Å². The Bertz CT molecular complexity index is 747. The minimum absolute atomic E-state index is 0.0560. The Balaban J connectivity index is 1.69. The zero-order chi connectivity index (χ0) is 20.6. The Kier molecular flexibility index (Phi) is 7.80. The van der Waals surface area contributed by atoms with Gasteiger partial charge in [-0.05, 0) is 30.5 Å². The minimum Gasteiger partial charge on any atom is -0.406 e. The Morgan fingerprint density at radius 3 is 2.64 bits per heavy atom. The van der Waals surface area contributed by atoms with E-state index in [0.29, 0.717) is 30.1 Å². The van der Waals surface area contributed by atoms with Crippen LogP contribution in [0.3, 0.4) is 0 Å². The summed E-state index contributed by atoms with van der Waals surface area (Å²) in [4.78, 5) is 16.1. The molecule has 2 aromatic rings. The number of hydrogen-bond acceptors (Lipinski definition) is 6. The molecule has 0 spiro atoms. The molecule has 1 heterocycles. The number of carbonyl (C=O) groups is 1. The van der Waals surface area contributed by atoms with Crippen LogP contribution in [0.4, 0.5) is 13.2 Å². The first-order chi connectivity index (χ1) is 13.3. The van der Waals surface area contributed by atoms with Crippen LogP contribution < -0.4 is 10.1 Å². The number of rotatable bonds is 10. The van der Waals surface area contributed by atoms with Gasteiger partial charge in [-0.2, -0.15) is 4.98 Å². The van der Waals surface area contributed by atoms with Gasteiger partial charge in [0.1, 0.15) is 5.75 Å². The number of aliphatic hydroxyl groups is 1. The lowest BCUT2D eigenvalue weighted by Crippen LogP contribution is -2.28. The maximum Gasteiger partial charge on any atom is 0.573 e. The maximum atomic E-state index is 12.1. The number of benzene rings is 1. The van der Waals surface area contributed by atoms with Gasteiger partial charge in [-0.15, -0.1) is 13.2 Å². The van der Waals surface area contributed by atoms with E-state index in [1.807, 2.05) is 6.92 Å². The number of aliphatic hydroxyl groups excluding tert-OH is 1. The molecular weight excluding hydrogens is 379 g/mol. The van der Waals surface area contributed by atoms with Crippen LogP contribution in [-0.2, 0) is 17.6 Å². The van der Waals surface area contributed by atoms with E-state index >= 15 is 0 Å². The molecule has 0 saturated carbocycles. The lowest BCUT2D eigenvalue weighted by molar-refractivity contribution is -0.274. The second-order valence-electron chi connectivity index (χ2n) is 6.14. The van der Waals surface area contributed by atoms with Gasteiger partial charge in [0.15, 0.2) is 5.82 Å². The third kappa shape index (κ3) is 7.55. The van der Waals surface area contributed by atoms with Crippen molar-refractivity contribution in [2.24, 2.45) is 0 Å². The first kappa shape index (κ1) is 21.7. The van der Waals surface area contributed by atoms with Gasteiger partial charge in [-0.25, -0.2) is 0 Å². The molecule has 0 saturated heterocycles. The first-order valence-corrected chi connectivity index (χ1v) is 8.88. The van der Waals surface area contributed by atoms with Crippen molar-refractivity contribution in [1.29, 1.82) is 0 Å². The molecule has 0 radical (unpaired) electrons. The largest absolute Gasteiger partial charge is 0.573 e. The number of ether oxygens (including phenoxy) is 1. The fraction of sp³-hybridized carbons (Fsp3) is 0.500. The van der Waals surface area contributed by atoms with Gasteiger partial charge in [-0.3, -0.25) is 4.79 Å². The van der Waals surface area contributed by atoms with Gasteiger partial charge >= 0.3 is 6.36 Å². The molecule has 1 amide bonds. The van der Waals surface area contributed by atoms with Crippen molar-refractivity contribution in [3.8, 4) is 5.75 Å². The second-order valence-corrected chi connectivity index (χ2v) is 6.14. The molecule has 0 aliphatic heterocycles. The predicted octanol–water partition coefficient (Wildman–Crippen LogP) is 3.09. The molecule has 2 N–H and O–H groups in total. The standard InChI is InChI=1S/C18H22F3N3O4/c1-2-4-15-23-17(28-24-15)6-3-5-16(26)22-11-14(25)12-7-9-13(10-8-12)27-18(19,20)21/h7-10,14,25H,2-6,11H2,1H3,(H,22,26)/t14-/m1/s1. The van der Waals surface area contributed by atoms with Crippen molar-refractivity contribution in [3.63, 3.8) is 0 Å². The Hall–Kier alpha value is -2.62. The summed E-state index contributed by atoms with van der Waals surface area (Å²) in [7, 11) is 0. The van der Waals surface area contributed by atoms with Crippen LogP contribution in [0, 0.1) is 0 Å². The highest BCUT2D eigenvalue weighted by Crippen LogP contribution is 2.24. The molecule has 0 aliphatic rings. The third-order valence-electron chi connectivity index (χ3n) is 3.77. The molecule has 1 atom stereocenters. The van der Waals surface area contributed by atoms with Crippen molar-refractivity contribution in [3.05, 3.63) is 41.5 Å². The van der Waals surface area contributed by atoms with Gasteiger partial charge in [0.2, 0.25) is 11.8 Å². The van der Waals surface area contributed by atoms with Crippen LogP contribution >= 0.6 is 0 Å². The normalized spacial score (nSPS) is 12.6. The number of aromatic nitrogens is 2.